The van der Waals surface area contributed by atoms with Crippen molar-refractivity contribution in [2.75, 3.05) is 5.32 Å². The summed E-state index contributed by atoms with van der Waals surface area (Å²) in [6.45, 7) is 4.04. The normalized spacial score (nSPS) is 10.9. The lowest BCUT2D eigenvalue weighted by Gasteiger charge is -2.11. The Morgan fingerprint density at radius 1 is 0.958 bits per heavy atom. The van der Waals surface area contributed by atoms with Gasteiger partial charge in [0.05, 0.1) is 11.9 Å². The van der Waals surface area contributed by atoms with Gasteiger partial charge in [0.2, 0.25) is 0 Å². The highest BCUT2D eigenvalue weighted by molar-refractivity contribution is 5.70. The zero-order valence-electron chi connectivity index (χ0n) is 13.6. The quantitative estimate of drug-likeness (QED) is 0.617. The minimum atomic E-state index is 0.840. The van der Waals surface area contributed by atoms with Crippen molar-refractivity contribution < 1.29 is 0 Å². The molecule has 0 spiro atoms. The Labute approximate surface area is 140 Å². The second-order valence-corrected chi connectivity index (χ2v) is 5.83. The fourth-order valence-corrected chi connectivity index (χ4v) is 2.67. The van der Waals surface area contributed by atoms with E-state index in [1.54, 1.807) is 0 Å². The van der Waals surface area contributed by atoms with Crippen LogP contribution in [0.25, 0.3) is 16.9 Å². The number of benzene rings is 1. The molecule has 1 aromatic carbocycles. The van der Waals surface area contributed by atoms with Crippen molar-refractivity contribution in [1.82, 2.24) is 19.6 Å². The van der Waals surface area contributed by atoms with Crippen molar-refractivity contribution in [3.63, 3.8) is 0 Å². The summed E-state index contributed by atoms with van der Waals surface area (Å²) in [5, 5.41) is 7.87. The number of anilines is 2. The molecule has 0 amide bonds. The number of hydrogen-bond donors (Lipinski definition) is 1. The number of aryl methyl sites for hydroxylation is 2. The van der Waals surface area contributed by atoms with Crippen LogP contribution in [0.2, 0.25) is 0 Å². The summed E-state index contributed by atoms with van der Waals surface area (Å²) < 4.78 is 1.83. The van der Waals surface area contributed by atoms with Gasteiger partial charge >= 0.3 is 0 Å². The van der Waals surface area contributed by atoms with Crippen molar-refractivity contribution in [2.45, 2.75) is 13.8 Å². The van der Waals surface area contributed by atoms with Gasteiger partial charge < -0.3 is 5.32 Å². The first-order chi connectivity index (χ1) is 11.7. The zero-order chi connectivity index (χ0) is 16.5. The van der Waals surface area contributed by atoms with Crippen LogP contribution < -0.4 is 5.32 Å². The van der Waals surface area contributed by atoms with E-state index in [1.165, 1.54) is 0 Å². The number of nitrogens with zero attached hydrogens (tertiary/aromatic N) is 4. The van der Waals surface area contributed by atoms with Gasteiger partial charge in [0, 0.05) is 35.3 Å². The van der Waals surface area contributed by atoms with E-state index in [9.17, 15) is 0 Å². The molecule has 3 aromatic heterocycles. The average Bonchev–Trinajstić information content (AvgIpc) is 2.97. The SMILES string of the molecule is Cc1cncc(-c2cc(Nc3ccccc3)n3ncc(C)c3n2)c1. The number of hydrogen-bond acceptors (Lipinski definition) is 4. The number of rotatable bonds is 3. The largest absolute Gasteiger partial charge is 0.340 e. The van der Waals surface area contributed by atoms with E-state index >= 15 is 0 Å². The van der Waals surface area contributed by atoms with Crippen molar-refractivity contribution >= 4 is 17.2 Å². The average molecular weight is 315 g/mol. The lowest BCUT2D eigenvalue weighted by atomic mass is 10.1. The Hall–Kier alpha value is -3.21. The molecule has 24 heavy (non-hydrogen) atoms. The van der Waals surface area contributed by atoms with Gasteiger partial charge in [-0.15, -0.1) is 0 Å². The molecule has 118 valence electrons. The predicted octanol–water partition coefficient (Wildman–Crippen LogP) is 4.15. The highest BCUT2D eigenvalue weighted by Crippen LogP contribution is 2.25. The maximum absolute atomic E-state index is 4.77. The summed E-state index contributed by atoms with van der Waals surface area (Å²) in [4.78, 5) is 9.05. The Bertz CT molecular complexity index is 1000. The fraction of sp³-hybridized carbons (Fsp3) is 0.105. The van der Waals surface area contributed by atoms with Crippen LogP contribution in [0.15, 0.2) is 61.1 Å². The van der Waals surface area contributed by atoms with Crippen LogP contribution in [0.5, 0.6) is 0 Å². The first kappa shape index (κ1) is 14.4. The summed E-state index contributed by atoms with van der Waals surface area (Å²) in [6.07, 6.45) is 5.51. The van der Waals surface area contributed by atoms with Gasteiger partial charge in [-0.2, -0.15) is 9.61 Å². The molecule has 3 heterocycles. The first-order valence-corrected chi connectivity index (χ1v) is 7.80. The molecule has 0 unspecified atom stereocenters. The zero-order valence-corrected chi connectivity index (χ0v) is 13.6. The molecule has 4 rings (SSSR count). The second kappa shape index (κ2) is 5.77. The van der Waals surface area contributed by atoms with E-state index in [1.807, 2.05) is 73.4 Å². The molecule has 0 atom stereocenters. The molecule has 0 radical (unpaired) electrons. The highest BCUT2D eigenvalue weighted by atomic mass is 15.3. The third-order valence-electron chi connectivity index (χ3n) is 3.87. The minimum absolute atomic E-state index is 0.840. The van der Waals surface area contributed by atoms with E-state index in [4.69, 9.17) is 4.98 Å². The smallest absolute Gasteiger partial charge is 0.160 e. The second-order valence-electron chi connectivity index (χ2n) is 5.83. The molecule has 0 fully saturated rings. The van der Waals surface area contributed by atoms with Gasteiger partial charge in [0.1, 0.15) is 5.82 Å². The molecule has 0 aliphatic carbocycles. The van der Waals surface area contributed by atoms with E-state index in [0.29, 0.717) is 0 Å². The van der Waals surface area contributed by atoms with E-state index < -0.39 is 0 Å². The standard InChI is InChI=1S/C19H17N5/c1-13-8-15(12-20-10-13)17-9-18(22-16-6-4-3-5-7-16)24-19(23-17)14(2)11-21-24/h3-12,22H,1-2H3. The lowest BCUT2D eigenvalue weighted by molar-refractivity contribution is 0.948. The fourth-order valence-electron chi connectivity index (χ4n) is 2.67. The molecular formula is C19H17N5. The number of fused-ring (bicyclic) bond motifs is 1. The Kier molecular flexibility index (Phi) is 3.46. The van der Waals surface area contributed by atoms with Gasteiger partial charge in [-0.25, -0.2) is 4.98 Å². The third-order valence-corrected chi connectivity index (χ3v) is 3.87. The predicted molar refractivity (Wildman–Crippen MR) is 95.4 cm³/mol. The number of pyridine rings is 1. The topological polar surface area (TPSA) is 55.1 Å². The van der Waals surface area contributed by atoms with Crippen LogP contribution in [-0.4, -0.2) is 19.6 Å². The number of nitrogens with one attached hydrogen (secondary N) is 1. The van der Waals surface area contributed by atoms with Crippen LogP contribution in [0, 0.1) is 13.8 Å². The molecule has 0 bridgehead atoms. The van der Waals surface area contributed by atoms with Crippen molar-refractivity contribution in [3.05, 3.63) is 72.2 Å². The van der Waals surface area contributed by atoms with Gasteiger partial charge in [0.25, 0.3) is 0 Å². The third kappa shape index (κ3) is 2.60. The molecule has 5 heteroatoms. The summed E-state index contributed by atoms with van der Waals surface area (Å²) >= 11 is 0. The number of aromatic nitrogens is 4. The van der Waals surface area contributed by atoms with Gasteiger partial charge in [-0.05, 0) is 37.6 Å². The molecule has 0 saturated carbocycles. The molecule has 5 nitrogen and oxygen atoms in total. The van der Waals surface area contributed by atoms with Crippen LogP contribution in [0.3, 0.4) is 0 Å². The van der Waals surface area contributed by atoms with Crippen LogP contribution in [0.4, 0.5) is 11.5 Å². The molecule has 0 aliphatic rings. The van der Waals surface area contributed by atoms with E-state index in [-0.39, 0.29) is 0 Å². The molecule has 0 saturated heterocycles. The Morgan fingerprint density at radius 3 is 2.58 bits per heavy atom. The van der Waals surface area contributed by atoms with E-state index in [0.717, 1.165) is 39.5 Å². The van der Waals surface area contributed by atoms with Crippen molar-refractivity contribution in [2.24, 2.45) is 0 Å². The summed E-state index contributed by atoms with van der Waals surface area (Å²) in [6, 6.07) is 14.1. The van der Waals surface area contributed by atoms with Crippen LogP contribution in [0.1, 0.15) is 11.1 Å². The summed E-state index contributed by atoms with van der Waals surface area (Å²) in [7, 11) is 0. The number of para-hydroxylation sites is 1. The monoisotopic (exact) mass is 315 g/mol. The Balaban J connectivity index is 1.88. The first-order valence-electron chi connectivity index (χ1n) is 7.80. The molecule has 1 N–H and O–H groups in total. The lowest BCUT2D eigenvalue weighted by Crippen LogP contribution is -2.02. The van der Waals surface area contributed by atoms with Gasteiger partial charge in [0.15, 0.2) is 5.65 Å². The Morgan fingerprint density at radius 2 is 1.79 bits per heavy atom. The minimum Gasteiger partial charge on any atom is -0.340 e. The van der Waals surface area contributed by atoms with Gasteiger partial charge in [-0.3, -0.25) is 4.98 Å². The maximum Gasteiger partial charge on any atom is 0.160 e. The van der Waals surface area contributed by atoms with Crippen LogP contribution >= 0.6 is 0 Å². The molecule has 4 aromatic rings. The summed E-state index contributed by atoms with van der Waals surface area (Å²) in [5.74, 6) is 0.871. The van der Waals surface area contributed by atoms with Crippen molar-refractivity contribution in [3.8, 4) is 11.3 Å². The van der Waals surface area contributed by atoms with Crippen molar-refractivity contribution in [1.29, 1.82) is 0 Å². The molecular weight excluding hydrogens is 298 g/mol. The van der Waals surface area contributed by atoms with Gasteiger partial charge in [-0.1, -0.05) is 18.2 Å². The highest BCUT2D eigenvalue weighted by Gasteiger charge is 2.11. The maximum atomic E-state index is 4.77. The van der Waals surface area contributed by atoms with E-state index in [2.05, 4.69) is 21.5 Å². The summed E-state index contributed by atoms with van der Waals surface area (Å²) in [5.41, 5.74) is 5.86. The molecule has 0 aliphatic heterocycles. The van der Waals surface area contributed by atoms with Crippen LogP contribution in [-0.2, 0) is 0 Å².